The van der Waals surface area contributed by atoms with Crippen LogP contribution in [0.3, 0.4) is 0 Å². The average Bonchev–Trinajstić information content (AvgIpc) is 3.04. The van der Waals surface area contributed by atoms with Gasteiger partial charge in [0, 0.05) is 12.7 Å². The summed E-state index contributed by atoms with van der Waals surface area (Å²) < 4.78 is 0. The van der Waals surface area contributed by atoms with Crippen molar-refractivity contribution in [3.63, 3.8) is 0 Å². The van der Waals surface area contributed by atoms with E-state index in [4.69, 9.17) is 0 Å². The molecule has 0 unspecified atom stereocenters. The zero-order chi connectivity index (χ0) is 15.6. The van der Waals surface area contributed by atoms with Crippen molar-refractivity contribution in [2.24, 2.45) is 4.99 Å². The summed E-state index contributed by atoms with van der Waals surface area (Å²) in [6.45, 7) is 6.56. The molecule has 22 heavy (non-hydrogen) atoms. The van der Waals surface area contributed by atoms with Gasteiger partial charge in [-0.05, 0) is 25.0 Å². The lowest BCUT2D eigenvalue weighted by Gasteiger charge is -2.11. The molecule has 1 aromatic carbocycles. The van der Waals surface area contributed by atoms with Gasteiger partial charge in [-0.25, -0.2) is 4.99 Å². The summed E-state index contributed by atoms with van der Waals surface area (Å²) in [5, 5.41) is 13.6. The predicted octanol–water partition coefficient (Wildman–Crippen LogP) is 2.75. The van der Waals surface area contributed by atoms with Gasteiger partial charge in [0.15, 0.2) is 5.96 Å². The smallest absolute Gasteiger partial charge is 0.191 e. The number of benzene rings is 1. The number of hydrogen-bond acceptors (Lipinski definition) is 2. The lowest BCUT2D eigenvalue weighted by Crippen LogP contribution is -2.37. The fourth-order valence-electron chi connectivity index (χ4n) is 1.98. The maximum atomic E-state index is 4.66. The maximum Gasteiger partial charge on any atom is 0.191 e. The molecular formula is C17H25N5. The molecule has 2 aromatic rings. The highest BCUT2D eigenvalue weighted by Crippen LogP contribution is 2.04. The third kappa shape index (κ3) is 5.60. The number of aryl methyl sites for hydroxylation is 1. The van der Waals surface area contributed by atoms with Crippen LogP contribution < -0.4 is 10.6 Å². The highest BCUT2D eigenvalue weighted by atomic mass is 15.2. The molecule has 0 amide bonds. The highest BCUT2D eigenvalue weighted by Gasteiger charge is 2.00. The summed E-state index contributed by atoms with van der Waals surface area (Å²) in [4.78, 5) is 4.66. The van der Waals surface area contributed by atoms with Gasteiger partial charge in [0.1, 0.15) is 0 Å². The minimum Gasteiger partial charge on any atom is -0.356 e. The Kier molecular flexibility index (Phi) is 6.48. The maximum absolute atomic E-state index is 4.66. The standard InChI is InChI=1S/C17H25N5/c1-3-4-10-18-17(20-13-16-9-11-21-22-16)19-12-15-7-5-14(2)6-8-15/h5-9,11H,3-4,10,12-13H2,1-2H3,(H,21,22)(H2,18,19,20). The van der Waals surface area contributed by atoms with E-state index in [0.29, 0.717) is 13.1 Å². The van der Waals surface area contributed by atoms with Crippen LogP contribution in [0.25, 0.3) is 0 Å². The van der Waals surface area contributed by atoms with E-state index in [-0.39, 0.29) is 0 Å². The van der Waals surface area contributed by atoms with Crippen molar-refractivity contribution in [3.8, 4) is 0 Å². The van der Waals surface area contributed by atoms with Crippen LogP contribution in [0.4, 0.5) is 0 Å². The number of nitrogens with one attached hydrogen (secondary N) is 3. The van der Waals surface area contributed by atoms with Gasteiger partial charge in [-0.2, -0.15) is 5.10 Å². The number of aromatic nitrogens is 2. The number of nitrogens with zero attached hydrogens (tertiary/aromatic N) is 2. The second-order valence-corrected chi connectivity index (χ2v) is 5.37. The molecule has 5 nitrogen and oxygen atoms in total. The second-order valence-electron chi connectivity index (χ2n) is 5.37. The lowest BCUT2D eigenvalue weighted by molar-refractivity contribution is 0.720. The molecule has 1 aromatic heterocycles. The van der Waals surface area contributed by atoms with Crippen molar-refractivity contribution in [2.75, 3.05) is 6.54 Å². The van der Waals surface area contributed by atoms with Crippen molar-refractivity contribution in [1.29, 1.82) is 0 Å². The Labute approximate surface area is 132 Å². The fraction of sp³-hybridized carbons (Fsp3) is 0.412. The topological polar surface area (TPSA) is 65.1 Å². The van der Waals surface area contributed by atoms with Crippen LogP contribution in [0.2, 0.25) is 0 Å². The van der Waals surface area contributed by atoms with Crippen LogP contribution in [0.5, 0.6) is 0 Å². The molecular weight excluding hydrogens is 274 g/mol. The zero-order valence-electron chi connectivity index (χ0n) is 13.4. The molecule has 0 saturated carbocycles. The minimum absolute atomic E-state index is 0.671. The number of guanidine groups is 1. The summed E-state index contributed by atoms with van der Waals surface area (Å²) in [7, 11) is 0. The third-order valence-corrected chi connectivity index (χ3v) is 3.37. The molecule has 0 bridgehead atoms. The summed E-state index contributed by atoms with van der Waals surface area (Å²) in [5.74, 6) is 0.837. The van der Waals surface area contributed by atoms with Gasteiger partial charge >= 0.3 is 0 Å². The summed E-state index contributed by atoms with van der Waals surface area (Å²) in [6, 6.07) is 10.4. The minimum atomic E-state index is 0.671. The predicted molar refractivity (Wildman–Crippen MR) is 90.7 cm³/mol. The monoisotopic (exact) mass is 299 g/mol. The van der Waals surface area contributed by atoms with Crippen LogP contribution in [0, 0.1) is 6.92 Å². The highest BCUT2D eigenvalue weighted by molar-refractivity contribution is 5.79. The first-order valence-corrected chi connectivity index (χ1v) is 7.84. The Morgan fingerprint density at radius 1 is 1.18 bits per heavy atom. The molecule has 0 radical (unpaired) electrons. The van der Waals surface area contributed by atoms with Crippen LogP contribution >= 0.6 is 0 Å². The molecule has 0 aliphatic carbocycles. The van der Waals surface area contributed by atoms with Gasteiger partial charge in [-0.1, -0.05) is 43.2 Å². The molecule has 0 atom stereocenters. The third-order valence-electron chi connectivity index (χ3n) is 3.37. The first-order valence-electron chi connectivity index (χ1n) is 7.84. The number of unbranched alkanes of at least 4 members (excludes halogenated alkanes) is 1. The summed E-state index contributed by atoms with van der Waals surface area (Å²) >= 11 is 0. The summed E-state index contributed by atoms with van der Waals surface area (Å²) in [6.07, 6.45) is 4.05. The van der Waals surface area contributed by atoms with Gasteiger partial charge in [0.25, 0.3) is 0 Å². The first-order chi connectivity index (χ1) is 10.8. The molecule has 2 rings (SSSR count). The Balaban J connectivity index is 1.92. The Hall–Kier alpha value is -2.30. The van der Waals surface area contributed by atoms with Crippen LogP contribution in [0.1, 0.15) is 36.6 Å². The van der Waals surface area contributed by atoms with E-state index in [1.54, 1.807) is 6.20 Å². The van der Waals surface area contributed by atoms with Crippen LogP contribution in [0.15, 0.2) is 41.5 Å². The second kappa shape index (κ2) is 8.87. The zero-order valence-corrected chi connectivity index (χ0v) is 13.4. The van der Waals surface area contributed by atoms with E-state index in [1.807, 2.05) is 6.07 Å². The Bertz CT molecular complexity index is 557. The van der Waals surface area contributed by atoms with Gasteiger partial charge in [0.2, 0.25) is 0 Å². The van der Waals surface area contributed by atoms with Gasteiger partial charge in [-0.15, -0.1) is 0 Å². The van der Waals surface area contributed by atoms with E-state index < -0.39 is 0 Å². The van der Waals surface area contributed by atoms with Crippen LogP contribution in [-0.2, 0) is 13.1 Å². The van der Waals surface area contributed by atoms with E-state index in [0.717, 1.165) is 24.6 Å². The van der Waals surface area contributed by atoms with Gasteiger partial charge in [0.05, 0.1) is 18.8 Å². The summed E-state index contributed by atoms with van der Waals surface area (Å²) in [5.41, 5.74) is 3.52. The molecule has 5 heteroatoms. The van der Waals surface area contributed by atoms with Crippen molar-refractivity contribution < 1.29 is 0 Å². The molecule has 3 N–H and O–H groups in total. The van der Waals surface area contributed by atoms with Crippen molar-refractivity contribution >= 4 is 5.96 Å². The van der Waals surface area contributed by atoms with Crippen molar-refractivity contribution in [1.82, 2.24) is 20.8 Å². The SMILES string of the molecule is CCCCNC(=NCc1ccc(C)cc1)NCc1ccn[nH]1. The molecule has 118 valence electrons. The number of aromatic amines is 1. The van der Waals surface area contributed by atoms with Crippen LogP contribution in [-0.4, -0.2) is 22.7 Å². The molecule has 1 heterocycles. The molecule has 0 spiro atoms. The van der Waals surface area contributed by atoms with E-state index in [2.05, 4.69) is 63.9 Å². The quantitative estimate of drug-likeness (QED) is 0.418. The first kappa shape index (κ1) is 16.1. The van der Waals surface area contributed by atoms with E-state index in [9.17, 15) is 0 Å². The van der Waals surface area contributed by atoms with E-state index >= 15 is 0 Å². The fourth-order valence-corrected chi connectivity index (χ4v) is 1.98. The van der Waals surface area contributed by atoms with Gasteiger partial charge in [-0.3, -0.25) is 5.10 Å². The normalized spacial score (nSPS) is 11.5. The number of rotatable bonds is 7. The number of hydrogen-bond donors (Lipinski definition) is 3. The van der Waals surface area contributed by atoms with Crippen molar-refractivity contribution in [3.05, 3.63) is 53.3 Å². The van der Waals surface area contributed by atoms with Crippen molar-refractivity contribution in [2.45, 2.75) is 39.8 Å². The number of aliphatic imine (C=N–C) groups is 1. The average molecular weight is 299 g/mol. The lowest BCUT2D eigenvalue weighted by atomic mass is 10.1. The molecule has 0 fully saturated rings. The largest absolute Gasteiger partial charge is 0.356 e. The molecule has 0 aliphatic heterocycles. The molecule has 0 aliphatic rings. The molecule has 0 saturated heterocycles. The Morgan fingerprint density at radius 2 is 2.00 bits per heavy atom. The number of H-pyrrole nitrogens is 1. The Morgan fingerprint density at radius 3 is 2.68 bits per heavy atom. The van der Waals surface area contributed by atoms with E-state index in [1.165, 1.54) is 17.5 Å². The van der Waals surface area contributed by atoms with Gasteiger partial charge < -0.3 is 10.6 Å².